The number of aliphatic hydroxyl groups is 2. The predicted octanol–water partition coefficient (Wildman–Crippen LogP) is -0.0712. The number of imidazole rings is 1. The van der Waals surface area contributed by atoms with Gasteiger partial charge in [0.2, 0.25) is 5.95 Å². The smallest absolute Gasteiger partial charge is 0.280 e. The van der Waals surface area contributed by atoms with Crippen LogP contribution in [-0.4, -0.2) is 41.9 Å². The Morgan fingerprint density at radius 1 is 1.41 bits per heavy atom. The molecule has 2 heterocycles. The zero-order valence-electron chi connectivity index (χ0n) is 12.1. The first-order valence-electron chi connectivity index (χ1n) is 7.60. The van der Waals surface area contributed by atoms with E-state index >= 15 is 0 Å². The molecule has 0 amide bonds. The van der Waals surface area contributed by atoms with Crippen molar-refractivity contribution >= 4 is 17.1 Å². The van der Waals surface area contributed by atoms with Crippen LogP contribution in [-0.2, 0) is 0 Å². The number of H-pyrrole nitrogens is 1. The molecule has 4 atom stereocenters. The number of anilines is 1. The van der Waals surface area contributed by atoms with E-state index in [4.69, 9.17) is 5.73 Å². The zero-order chi connectivity index (χ0) is 15.5. The fraction of sp³-hybridized carbons (Fsp3) is 0.643. The molecule has 2 aliphatic rings. The summed E-state index contributed by atoms with van der Waals surface area (Å²) in [5.41, 5.74) is 5.50. The minimum absolute atomic E-state index is 0.0403. The van der Waals surface area contributed by atoms with E-state index in [1.54, 1.807) is 6.33 Å². The van der Waals surface area contributed by atoms with E-state index in [0.29, 0.717) is 18.5 Å². The summed E-state index contributed by atoms with van der Waals surface area (Å²) in [6.07, 6.45) is 4.24. The maximum absolute atomic E-state index is 11.9. The molecule has 118 valence electrons. The predicted molar refractivity (Wildman–Crippen MR) is 79.1 cm³/mol. The number of fused-ring (bicyclic) bond motifs is 1. The summed E-state index contributed by atoms with van der Waals surface area (Å²) in [6.45, 7) is 0. The third-order valence-electron chi connectivity index (χ3n) is 5.40. The van der Waals surface area contributed by atoms with Gasteiger partial charge in [-0.1, -0.05) is 6.42 Å². The highest BCUT2D eigenvalue weighted by Gasteiger charge is 2.54. The molecule has 4 rings (SSSR count). The number of nitrogens with two attached hydrogens (primary N) is 1. The van der Waals surface area contributed by atoms with Gasteiger partial charge in [0, 0.05) is 11.5 Å². The number of aromatic nitrogens is 4. The van der Waals surface area contributed by atoms with Crippen molar-refractivity contribution in [2.24, 2.45) is 5.41 Å². The molecule has 0 aromatic carbocycles. The number of aliphatic hydroxyl groups excluding tert-OH is 2. The topological polar surface area (TPSA) is 130 Å². The van der Waals surface area contributed by atoms with E-state index in [2.05, 4.69) is 15.0 Å². The Kier molecular flexibility index (Phi) is 2.82. The molecule has 2 saturated carbocycles. The second-order valence-electron chi connectivity index (χ2n) is 6.53. The van der Waals surface area contributed by atoms with Gasteiger partial charge in [0.15, 0.2) is 11.2 Å². The molecule has 8 heteroatoms. The van der Waals surface area contributed by atoms with Crippen molar-refractivity contribution in [3.05, 3.63) is 16.7 Å². The first-order valence-corrected chi connectivity index (χ1v) is 7.60. The van der Waals surface area contributed by atoms with E-state index in [-0.39, 0.29) is 23.1 Å². The van der Waals surface area contributed by atoms with Crippen LogP contribution >= 0.6 is 0 Å². The van der Waals surface area contributed by atoms with Crippen molar-refractivity contribution < 1.29 is 10.2 Å². The molecule has 0 bridgehead atoms. The van der Waals surface area contributed by atoms with E-state index in [1.807, 2.05) is 4.57 Å². The normalized spacial score (nSPS) is 34.9. The van der Waals surface area contributed by atoms with Crippen molar-refractivity contribution in [3.63, 3.8) is 0 Å². The van der Waals surface area contributed by atoms with Crippen molar-refractivity contribution in [1.82, 2.24) is 19.5 Å². The molecule has 2 aromatic heterocycles. The van der Waals surface area contributed by atoms with Crippen LogP contribution in [0, 0.1) is 5.41 Å². The van der Waals surface area contributed by atoms with Crippen LogP contribution < -0.4 is 11.3 Å². The maximum atomic E-state index is 11.9. The van der Waals surface area contributed by atoms with Crippen LogP contribution in [0.25, 0.3) is 11.2 Å². The van der Waals surface area contributed by atoms with Crippen LogP contribution in [0.15, 0.2) is 11.1 Å². The third kappa shape index (κ3) is 1.74. The van der Waals surface area contributed by atoms with E-state index in [1.165, 1.54) is 0 Å². The third-order valence-corrected chi connectivity index (χ3v) is 5.40. The number of aromatic amines is 1. The van der Waals surface area contributed by atoms with Gasteiger partial charge in [0.1, 0.15) is 0 Å². The molecular weight excluding hydrogens is 286 g/mol. The lowest BCUT2D eigenvalue weighted by Gasteiger charge is -2.31. The highest BCUT2D eigenvalue weighted by molar-refractivity contribution is 5.70. The molecule has 8 nitrogen and oxygen atoms in total. The van der Waals surface area contributed by atoms with Gasteiger partial charge < -0.3 is 20.5 Å². The number of hydrogen-bond acceptors (Lipinski definition) is 6. The summed E-state index contributed by atoms with van der Waals surface area (Å²) in [7, 11) is 0. The Bertz CT molecular complexity index is 784. The second-order valence-corrected chi connectivity index (χ2v) is 6.53. The first kappa shape index (κ1) is 13.7. The van der Waals surface area contributed by atoms with Crippen LogP contribution in [0.3, 0.4) is 0 Å². The lowest BCUT2D eigenvalue weighted by Crippen LogP contribution is -2.37. The van der Waals surface area contributed by atoms with Crippen LogP contribution in [0.2, 0.25) is 0 Å². The molecule has 0 radical (unpaired) electrons. The van der Waals surface area contributed by atoms with Gasteiger partial charge in [-0.2, -0.15) is 4.98 Å². The van der Waals surface area contributed by atoms with E-state index in [0.717, 1.165) is 19.3 Å². The summed E-state index contributed by atoms with van der Waals surface area (Å²) < 4.78 is 1.81. The molecule has 0 aliphatic heterocycles. The van der Waals surface area contributed by atoms with Gasteiger partial charge >= 0.3 is 0 Å². The summed E-state index contributed by atoms with van der Waals surface area (Å²) in [6, 6.07) is -0.0403. The first-order chi connectivity index (χ1) is 10.5. The van der Waals surface area contributed by atoms with E-state index < -0.39 is 17.6 Å². The lowest BCUT2D eigenvalue weighted by atomic mass is 9.80. The van der Waals surface area contributed by atoms with Gasteiger partial charge in [0.25, 0.3) is 5.56 Å². The minimum Gasteiger partial charge on any atom is -0.392 e. The van der Waals surface area contributed by atoms with Gasteiger partial charge in [-0.05, 0) is 25.7 Å². The molecule has 5 N–H and O–H groups in total. The SMILES string of the molecule is Nc1nc2c(ncn2[C@H]2C[C@H](O)[C@@]3(CCC[C@H]3O)C2)c(=O)[nH]1. The van der Waals surface area contributed by atoms with Gasteiger partial charge in [-0.15, -0.1) is 0 Å². The average molecular weight is 305 g/mol. The van der Waals surface area contributed by atoms with Gasteiger partial charge in [-0.3, -0.25) is 9.78 Å². The molecule has 0 saturated heterocycles. The van der Waals surface area contributed by atoms with E-state index in [9.17, 15) is 15.0 Å². The van der Waals surface area contributed by atoms with Gasteiger partial charge in [-0.25, -0.2) is 4.98 Å². The van der Waals surface area contributed by atoms with Crippen molar-refractivity contribution in [1.29, 1.82) is 0 Å². The second kappa shape index (κ2) is 4.53. The minimum atomic E-state index is -0.549. The summed E-state index contributed by atoms with van der Waals surface area (Å²) in [5, 5.41) is 20.8. The fourth-order valence-electron chi connectivity index (χ4n) is 4.28. The summed E-state index contributed by atoms with van der Waals surface area (Å²) in [4.78, 5) is 22.6. The monoisotopic (exact) mass is 305 g/mol. The van der Waals surface area contributed by atoms with Crippen LogP contribution in [0.5, 0.6) is 0 Å². The lowest BCUT2D eigenvalue weighted by molar-refractivity contribution is -0.0302. The number of rotatable bonds is 1. The summed E-state index contributed by atoms with van der Waals surface area (Å²) >= 11 is 0. The molecular formula is C14H19N5O3. The Morgan fingerprint density at radius 2 is 2.23 bits per heavy atom. The number of nitrogens with one attached hydrogen (secondary N) is 1. The van der Waals surface area contributed by atoms with Crippen molar-refractivity contribution in [2.45, 2.75) is 50.4 Å². The largest absolute Gasteiger partial charge is 0.392 e. The Hall–Kier alpha value is -1.93. The number of hydrogen-bond donors (Lipinski definition) is 4. The molecule has 2 aromatic rings. The molecule has 2 fully saturated rings. The quantitative estimate of drug-likeness (QED) is 0.583. The Morgan fingerprint density at radius 3 is 2.95 bits per heavy atom. The number of nitrogen functional groups attached to an aromatic ring is 1. The van der Waals surface area contributed by atoms with Crippen LogP contribution in [0.1, 0.15) is 38.1 Å². The van der Waals surface area contributed by atoms with Gasteiger partial charge in [0.05, 0.1) is 18.5 Å². The highest BCUT2D eigenvalue weighted by Crippen LogP contribution is 2.54. The fourth-order valence-corrected chi connectivity index (χ4v) is 4.28. The standard InChI is InChI=1S/C14H19N5O3/c15-13-17-11-10(12(22)18-13)16-6-19(11)7-4-9(21)14(5-7)3-1-2-8(14)20/h6-9,20-21H,1-5H2,(H3,15,17,18,22)/t7-,8+,9-,14-/m0/s1. The van der Waals surface area contributed by atoms with Crippen molar-refractivity contribution in [2.75, 3.05) is 5.73 Å². The maximum Gasteiger partial charge on any atom is 0.280 e. The summed E-state index contributed by atoms with van der Waals surface area (Å²) in [5.74, 6) is 0.0495. The average Bonchev–Trinajstić information content (AvgIpc) is 3.11. The van der Waals surface area contributed by atoms with Crippen LogP contribution in [0.4, 0.5) is 5.95 Å². The Balaban J connectivity index is 1.76. The Labute approximate surface area is 126 Å². The van der Waals surface area contributed by atoms with Crippen molar-refractivity contribution in [3.8, 4) is 0 Å². The zero-order valence-corrected chi connectivity index (χ0v) is 12.1. The molecule has 1 spiro atoms. The molecule has 2 aliphatic carbocycles. The molecule has 0 unspecified atom stereocenters. The molecule has 22 heavy (non-hydrogen) atoms. The number of nitrogens with zero attached hydrogens (tertiary/aromatic N) is 3. The highest BCUT2D eigenvalue weighted by atomic mass is 16.3.